The van der Waals surface area contributed by atoms with Crippen molar-refractivity contribution in [2.24, 2.45) is 0 Å². The second-order valence-electron chi connectivity index (χ2n) is 4.55. The molecule has 1 N–H and O–H groups in total. The van der Waals surface area contributed by atoms with Crippen LogP contribution < -0.4 is 5.32 Å². The Kier molecular flexibility index (Phi) is 4.39. The number of aryl methyl sites for hydroxylation is 1. The van der Waals surface area contributed by atoms with Crippen LogP contribution in [-0.2, 0) is 16.0 Å². The van der Waals surface area contributed by atoms with E-state index in [2.05, 4.69) is 5.32 Å². The van der Waals surface area contributed by atoms with Crippen molar-refractivity contribution in [1.82, 2.24) is 10.2 Å². The van der Waals surface area contributed by atoms with Crippen LogP contribution in [0.15, 0.2) is 24.3 Å². The van der Waals surface area contributed by atoms with Crippen LogP contribution in [-0.4, -0.2) is 43.1 Å². The van der Waals surface area contributed by atoms with Gasteiger partial charge in [0.05, 0.1) is 13.0 Å². The Morgan fingerprint density at radius 1 is 1.42 bits per heavy atom. The molecule has 2 amide bonds. The van der Waals surface area contributed by atoms with Crippen molar-refractivity contribution in [3.63, 3.8) is 0 Å². The Morgan fingerprint density at radius 3 is 2.89 bits per heavy atom. The minimum atomic E-state index is -0.298. The summed E-state index contributed by atoms with van der Waals surface area (Å²) in [6.07, 6.45) is 0.0741. The molecule has 0 saturated carbocycles. The topological polar surface area (TPSA) is 58.6 Å². The van der Waals surface area contributed by atoms with Crippen LogP contribution in [0.1, 0.15) is 11.1 Å². The molecule has 1 saturated heterocycles. The van der Waals surface area contributed by atoms with Crippen LogP contribution >= 0.6 is 0 Å². The summed E-state index contributed by atoms with van der Waals surface area (Å²) in [5.41, 5.74) is 2.14. The molecule has 1 aliphatic rings. The fourth-order valence-electron chi connectivity index (χ4n) is 2.00. The molecule has 1 heterocycles. The van der Waals surface area contributed by atoms with Crippen molar-refractivity contribution in [3.8, 4) is 0 Å². The largest absolute Gasteiger partial charge is 0.448 e. The van der Waals surface area contributed by atoms with Crippen LogP contribution in [0, 0.1) is 6.92 Å². The number of rotatable bonds is 5. The van der Waals surface area contributed by atoms with Gasteiger partial charge in [0.15, 0.2) is 0 Å². The predicted octanol–water partition coefficient (Wildman–Crippen LogP) is 1.11. The summed E-state index contributed by atoms with van der Waals surface area (Å²) in [4.78, 5) is 24.5. The molecule has 1 aromatic carbocycles. The van der Waals surface area contributed by atoms with E-state index in [1.54, 1.807) is 4.90 Å². The Balaban J connectivity index is 1.73. The van der Waals surface area contributed by atoms with Gasteiger partial charge >= 0.3 is 6.09 Å². The second kappa shape index (κ2) is 6.22. The van der Waals surface area contributed by atoms with Crippen molar-refractivity contribution in [2.45, 2.75) is 13.3 Å². The highest BCUT2D eigenvalue weighted by atomic mass is 16.6. The van der Waals surface area contributed by atoms with Gasteiger partial charge in [0.25, 0.3) is 0 Å². The first kappa shape index (κ1) is 13.4. The summed E-state index contributed by atoms with van der Waals surface area (Å²) in [6, 6.07) is 7.82. The van der Waals surface area contributed by atoms with Crippen molar-refractivity contribution < 1.29 is 14.3 Å². The molecule has 0 spiro atoms. The van der Waals surface area contributed by atoms with Crippen LogP contribution in [0.25, 0.3) is 0 Å². The number of carbonyl (C=O) groups excluding carboxylic acids is 2. The van der Waals surface area contributed by atoms with Gasteiger partial charge in [-0.15, -0.1) is 0 Å². The normalized spacial score (nSPS) is 14.4. The number of amides is 2. The van der Waals surface area contributed by atoms with E-state index in [0.717, 1.165) is 11.1 Å². The van der Waals surface area contributed by atoms with Gasteiger partial charge < -0.3 is 15.0 Å². The molecule has 5 nitrogen and oxygen atoms in total. The fraction of sp³-hybridized carbons (Fsp3) is 0.429. The summed E-state index contributed by atoms with van der Waals surface area (Å²) >= 11 is 0. The Labute approximate surface area is 112 Å². The maximum absolute atomic E-state index is 11.8. The number of hydrogen-bond donors (Lipinski definition) is 1. The lowest BCUT2D eigenvalue weighted by molar-refractivity contribution is -0.120. The molecule has 0 bridgehead atoms. The molecule has 0 unspecified atom stereocenters. The van der Waals surface area contributed by atoms with Gasteiger partial charge in [-0.2, -0.15) is 0 Å². The second-order valence-corrected chi connectivity index (χ2v) is 4.55. The maximum atomic E-state index is 11.8. The molecule has 1 fully saturated rings. The van der Waals surface area contributed by atoms with E-state index >= 15 is 0 Å². The third-order valence-corrected chi connectivity index (χ3v) is 3.16. The predicted molar refractivity (Wildman–Crippen MR) is 70.8 cm³/mol. The van der Waals surface area contributed by atoms with E-state index in [4.69, 9.17) is 4.74 Å². The van der Waals surface area contributed by atoms with Gasteiger partial charge in [-0.1, -0.05) is 24.3 Å². The molecule has 0 aliphatic carbocycles. The minimum absolute atomic E-state index is 0.0261. The first-order valence-corrected chi connectivity index (χ1v) is 6.40. The molecule has 0 atom stereocenters. The van der Waals surface area contributed by atoms with Crippen LogP contribution in [0.4, 0.5) is 4.79 Å². The van der Waals surface area contributed by atoms with Crippen molar-refractivity contribution in [3.05, 3.63) is 35.4 Å². The lowest BCUT2D eigenvalue weighted by atomic mass is 10.1. The average Bonchev–Trinajstić information content (AvgIpc) is 2.78. The summed E-state index contributed by atoms with van der Waals surface area (Å²) in [5.74, 6) is -0.0261. The maximum Gasteiger partial charge on any atom is 0.409 e. The van der Waals surface area contributed by atoms with E-state index < -0.39 is 0 Å². The molecule has 1 aliphatic heterocycles. The number of ether oxygens (including phenoxy) is 1. The molecule has 19 heavy (non-hydrogen) atoms. The molecule has 102 valence electrons. The molecule has 0 radical (unpaired) electrons. The summed E-state index contributed by atoms with van der Waals surface area (Å²) in [6.45, 7) is 3.99. The van der Waals surface area contributed by atoms with Gasteiger partial charge in [-0.25, -0.2) is 4.79 Å². The van der Waals surface area contributed by atoms with E-state index in [-0.39, 0.29) is 12.0 Å². The summed E-state index contributed by atoms with van der Waals surface area (Å²) in [5, 5.41) is 2.82. The zero-order valence-corrected chi connectivity index (χ0v) is 11.0. The monoisotopic (exact) mass is 262 g/mol. The highest BCUT2D eigenvalue weighted by Crippen LogP contribution is 2.07. The lowest BCUT2D eigenvalue weighted by Gasteiger charge is -2.13. The van der Waals surface area contributed by atoms with Crippen LogP contribution in [0.5, 0.6) is 0 Å². The summed E-state index contributed by atoms with van der Waals surface area (Å²) in [7, 11) is 0. The van der Waals surface area contributed by atoms with Crippen LogP contribution in [0.2, 0.25) is 0 Å². The van der Waals surface area contributed by atoms with Gasteiger partial charge in [0.2, 0.25) is 5.91 Å². The Hall–Kier alpha value is -2.04. The number of benzene rings is 1. The molecule has 1 aromatic rings. The number of hydrogen-bond acceptors (Lipinski definition) is 3. The summed E-state index contributed by atoms with van der Waals surface area (Å²) < 4.78 is 4.81. The van der Waals surface area contributed by atoms with Crippen molar-refractivity contribution in [2.75, 3.05) is 26.2 Å². The van der Waals surface area contributed by atoms with E-state index in [9.17, 15) is 9.59 Å². The lowest BCUT2D eigenvalue weighted by Crippen LogP contribution is -2.36. The van der Waals surface area contributed by atoms with Gasteiger partial charge in [-0.05, 0) is 18.1 Å². The van der Waals surface area contributed by atoms with Crippen molar-refractivity contribution >= 4 is 12.0 Å². The molecule has 2 rings (SSSR count). The first-order valence-electron chi connectivity index (χ1n) is 6.40. The molecular weight excluding hydrogens is 244 g/mol. The molecule has 5 heteroatoms. The SMILES string of the molecule is Cc1ccccc1CC(=O)NCCN1CCOC1=O. The zero-order chi connectivity index (χ0) is 13.7. The molecule has 0 aromatic heterocycles. The van der Waals surface area contributed by atoms with E-state index in [1.807, 2.05) is 31.2 Å². The highest BCUT2D eigenvalue weighted by Gasteiger charge is 2.21. The third kappa shape index (κ3) is 3.71. The van der Waals surface area contributed by atoms with Crippen LogP contribution in [0.3, 0.4) is 0 Å². The standard InChI is InChI=1S/C14H18N2O3/c1-11-4-2-3-5-12(11)10-13(17)15-6-7-16-8-9-19-14(16)18/h2-5H,6-10H2,1H3,(H,15,17). The van der Waals surface area contributed by atoms with Gasteiger partial charge in [0.1, 0.15) is 6.61 Å². The molecular formula is C14H18N2O3. The van der Waals surface area contributed by atoms with Crippen molar-refractivity contribution in [1.29, 1.82) is 0 Å². The third-order valence-electron chi connectivity index (χ3n) is 3.16. The zero-order valence-electron chi connectivity index (χ0n) is 11.0. The van der Waals surface area contributed by atoms with E-state index in [1.165, 1.54) is 0 Å². The number of carbonyl (C=O) groups is 2. The highest BCUT2D eigenvalue weighted by molar-refractivity contribution is 5.79. The fourth-order valence-corrected chi connectivity index (χ4v) is 2.00. The number of cyclic esters (lactones) is 1. The quantitative estimate of drug-likeness (QED) is 0.864. The van der Waals surface area contributed by atoms with E-state index in [0.29, 0.717) is 32.7 Å². The Morgan fingerprint density at radius 2 is 2.21 bits per heavy atom. The first-order chi connectivity index (χ1) is 9.16. The smallest absolute Gasteiger partial charge is 0.409 e. The number of nitrogens with zero attached hydrogens (tertiary/aromatic N) is 1. The average molecular weight is 262 g/mol. The van der Waals surface area contributed by atoms with Gasteiger partial charge in [-0.3, -0.25) is 4.79 Å². The van der Waals surface area contributed by atoms with Gasteiger partial charge in [0, 0.05) is 13.1 Å². The number of nitrogens with one attached hydrogen (secondary N) is 1. The minimum Gasteiger partial charge on any atom is -0.448 e. The Bertz CT molecular complexity index is 474.